The quantitative estimate of drug-likeness (QED) is 0.405. The largest absolute Gasteiger partial charge is 0.397 e. The Kier molecular flexibility index (Phi) is 9.58. The van der Waals surface area contributed by atoms with Gasteiger partial charge in [0, 0.05) is 0 Å². The molecule has 0 aromatic rings. The fourth-order valence-electron chi connectivity index (χ4n) is 1.96. The Labute approximate surface area is 126 Å². The van der Waals surface area contributed by atoms with Crippen molar-refractivity contribution in [1.29, 1.82) is 0 Å². The first-order valence-corrected chi connectivity index (χ1v) is 9.63. The van der Waals surface area contributed by atoms with E-state index in [1.54, 1.807) is 6.92 Å². The lowest BCUT2D eigenvalue weighted by Crippen LogP contribution is -2.35. The number of unbranched alkanes of at least 4 members (excludes halogenated alkanes) is 3. The van der Waals surface area contributed by atoms with Crippen LogP contribution in [-0.4, -0.2) is 38.1 Å². The van der Waals surface area contributed by atoms with Gasteiger partial charge >= 0.3 is 20.8 Å². The first-order chi connectivity index (χ1) is 9.59. The molecule has 0 aromatic heterocycles. The van der Waals surface area contributed by atoms with Crippen molar-refractivity contribution >= 4 is 20.8 Å². The fraction of sp³-hybridized carbons (Fsp3) is 1.00. The molecule has 0 amide bonds. The van der Waals surface area contributed by atoms with Crippen LogP contribution in [0.15, 0.2) is 0 Å². The van der Waals surface area contributed by atoms with E-state index < -0.39 is 33.0 Å². The van der Waals surface area contributed by atoms with Crippen LogP contribution >= 0.6 is 0 Å². The second-order valence-corrected chi connectivity index (χ2v) is 6.86. The van der Waals surface area contributed by atoms with Gasteiger partial charge in [-0.3, -0.25) is 9.11 Å². The number of hydrogen-bond acceptors (Lipinski definition) is 6. The summed E-state index contributed by atoms with van der Waals surface area (Å²) in [5, 5.41) is 0. The molecule has 0 heterocycles. The summed E-state index contributed by atoms with van der Waals surface area (Å²) < 4.78 is 69.9. The van der Waals surface area contributed by atoms with Gasteiger partial charge in [0.05, 0.1) is 0 Å². The normalized spacial score (nSPS) is 15.8. The maximum absolute atomic E-state index is 10.9. The van der Waals surface area contributed by atoms with Crippen LogP contribution in [0, 0.1) is 0 Å². The summed E-state index contributed by atoms with van der Waals surface area (Å²) in [5.41, 5.74) is 0. The predicted octanol–water partition coefficient (Wildman–Crippen LogP) is 2.13. The van der Waals surface area contributed by atoms with E-state index in [0.29, 0.717) is 12.8 Å². The molecular formula is C11H24O8S2. The molecule has 0 rings (SSSR count). The van der Waals surface area contributed by atoms with Crippen molar-refractivity contribution in [2.24, 2.45) is 0 Å². The molecule has 0 bridgehead atoms. The minimum absolute atomic E-state index is 0.160. The van der Waals surface area contributed by atoms with E-state index in [1.165, 1.54) is 0 Å². The smallest absolute Gasteiger partial charge is 0.264 e. The van der Waals surface area contributed by atoms with E-state index in [9.17, 15) is 16.8 Å². The minimum Gasteiger partial charge on any atom is -0.264 e. The summed E-state index contributed by atoms with van der Waals surface area (Å²) in [6.07, 6.45) is 1.82. The van der Waals surface area contributed by atoms with Crippen LogP contribution in [0.4, 0.5) is 0 Å². The molecule has 128 valence electrons. The molecule has 0 aromatic carbocycles. The average molecular weight is 348 g/mol. The highest BCUT2D eigenvalue weighted by Gasteiger charge is 2.30. The van der Waals surface area contributed by atoms with Crippen LogP contribution in [0.5, 0.6) is 0 Å². The maximum atomic E-state index is 10.9. The highest BCUT2D eigenvalue weighted by molar-refractivity contribution is 7.81. The average Bonchev–Trinajstić information content (AvgIpc) is 2.29. The van der Waals surface area contributed by atoms with Crippen molar-refractivity contribution in [2.75, 3.05) is 0 Å². The first-order valence-electron chi connectivity index (χ1n) is 6.90. The summed E-state index contributed by atoms with van der Waals surface area (Å²) in [4.78, 5) is 0. The zero-order valence-corrected chi connectivity index (χ0v) is 13.9. The zero-order valence-electron chi connectivity index (χ0n) is 12.3. The lowest BCUT2D eigenvalue weighted by atomic mass is 10.0. The molecule has 10 heteroatoms. The summed E-state index contributed by atoms with van der Waals surface area (Å²) in [5.74, 6) is 0. The van der Waals surface area contributed by atoms with Gasteiger partial charge in [-0.1, -0.05) is 46.0 Å². The van der Waals surface area contributed by atoms with E-state index in [-0.39, 0.29) is 12.8 Å². The molecule has 0 aliphatic rings. The van der Waals surface area contributed by atoms with Gasteiger partial charge in [-0.25, -0.2) is 8.37 Å². The minimum atomic E-state index is -4.74. The van der Waals surface area contributed by atoms with Crippen molar-refractivity contribution in [3.63, 3.8) is 0 Å². The van der Waals surface area contributed by atoms with Gasteiger partial charge in [-0.2, -0.15) is 16.8 Å². The molecule has 0 saturated heterocycles. The molecule has 0 fully saturated rings. The topological polar surface area (TPSA) is 127 Å². The third-order valence-electron chi connectivity index (χ3n) is 2.82. The lowest BCUT2D eigenvalue weighted by Gasteiger charge is -2.24. The van der Waals surface area contributed by atoms with Crippen LogP contribution in [0.3, 0.4) is 0 Å². The van der Waals surface area contributed by atoms with E-state index in [1.807, 2.05) is 6.92 Å². The summed E-state index contributed by atoms with van der Waals surface area (Å²) >= 11 is 0. The van der Waals surface area contributed by atoms with Gasteiger partial charge < -0.3 is 0 Å². The first kappa shape index (κ1) is 20.7. The Hall–Kier alpha value is -0.260. The van der Waals surface area contributed by atoms with Gasteiger partial charge in [0.25, 0.3) is 0 Å². The van der Waals surface area contributed by atoms with Crippen LogP contribution in [-0.2, 0) is 29.2 Å². The highest BCUT2D eigenvalue weighted by Crippen LogP contribution is 2.20. The van der Waals surface area contributed by atoms with Crippen LogP contribution in [0.2, 0.25) is 0 Å². The van der Waals surface area contributed by atoms with Crippen molar-refractivity contribution in [3.05, 3.63) is 0 Å². The SMILES string of the molecule is CCCCCCC(OS(=O)(=O)O)C(CCC)OS(=O)(=O)O. The molecule has 0 aliphatic heterocycles. The van der Waals surface area contributed by atoms with Crippen LogP contribution in [0.25, 0.3) is 0 Å². The van der Waals surface area contributed by atoms with Crippen LogP contribution < -0.4 is 0 Å². The standard InChI is InChI=1S/C11H24O8S2/c1-3-5-6-7-9-11(19-21(15,16)17)10(8-4-2)18-20(12,13)14/h10-11H,3-9H2,1-2H3,(H,12,13,14)(H,15,16,17). The van der Waals surface area contributed by atoms with Gasteiger partial charge in [0.1, 0.15) is 12.2 Å². The number of rotatable bonds is 12. The highest BCUT2D eigenvalue weighted by atomic mass is 32.3. The fourth-order valence-corrected chi connectivity index (χ4v) is 3.03. The number of hydrogen-bond donors (Lipinski definition) is 2. The van der Waals surface area contributed by atoms with Crippen molar-refractivity contribution in [2.45, 2.75) is 71.0 Å². The van der Waals surface area contributed by atoms with Gasteiger partial charge in [-0.15, -0.1) is 0 Å². The molecule has 2 atom stereocenters. The zero-order chi connectivity index (χ0) is 16.5. The molecule has 21 heavy (non-hydrogen) atoms. The Balaban J connectivity index is 4.91. The molecule has 2 N–H and O–H groups in total. The maximum Gasteiger partial charge on any atom is 0.397 e. The second-order valence-electron chi connectivity index (χ2n) is 4.76. The van der Waals surface area contributed by atoms with Gasteiger partial charge in [0.2, 0.25) is 0 Å². The van der Waals surface area contributed by atoms with Crippen molar-refractivity contribution < 1.29 is 34.3 Å². The molecule has 0 saturated carbocycles. The predicted molar refractivity (Wildman–Crippen MR) is 76.5 cm³/mol. The monoisotopic (exact) mass is 348 g/mol. The van der Waals surface area contributed by atoms with Gasteiger partial charge in [0.15, 0.2) is 0 Å². The molecule has 0 aliphatic carbocycles. The van der Waals surface area contributed by atoms with E-state index in [2.05, 4.69) is 8.37 Å². The Morgan fingerprint density at radius 2 is 1.24 bits per heavy atom. The molecule has 8 nitrogen and oxygen atoms in total. The lowest BCUT2D eigenvalue weighted by molar-refractivity contribution is 0.0342. The Morgan fingerprint density at radius 3 is 1.62 bits per heavy atom. The van der Waals surface area contributed by atoms with E-state index in [4.69, 9.17) is 9.11 Å². The van der Waals surface area contributed by atoms with Gasteiger partial charge in [-0.05, 0) is 12.8 Å². The Bertz CT molecular complexity index is 470. The summed E-state index contributed by atoms with van der Waals surface area (Å²) in [6, 6.07) is 0. The summed E-state index contributed by atoms with van der Waals surface area (Å²) in [6.45, 7) is 3.75. The van der Waals surface area contributed by atoms with Crippen molar-refractivity contribution in [3.8, 4) is 0 Å². The molecular weight excluding hydrogens is 324 g/mol. The third kappa shape index (κ3) is 12.0. The Morgan fingerprint density at radius 1 is 0.762 bits per heavy atom. The van der Waals surface area contributed by atoms with E-state index >= 15 is 0 Å². The third-order valence-corrected chi connectivity index (χ3v) is 3.80. The van der Waals surface area contributed by atoms with E-state index in [0.717, 1.165) is 19.3 Å². The molecule has 0 spiro atoms. The molecule has 2 unspecified atom stereocenters. The second kappa shape index (κ2) is 9.70. The summed E-state index contributed by atoms with van der Waals surface area (Å²) in [7, 11) is -9.48. The van der Waals surface area contributed by atoms with Crippen LogP contribution in [0.1, 0.15) is 58.8 Å². The molecule has 0 radical (unpaired) electrons. The van der Waals surface area contributed by atoms with Crippen molar-refractivity contribution in [1.82, 2.24) is 0 Å².